The Labute approximate surface area is 201 Å². The fraction of sp³-hybridized carbons (Fsp3) is 0.231. The summed E-state index contributed by atoms with van der Waals surface area (Å²) < 4.78 is 60.5. The number of nitrogens with zero attached hydrogens (tertiary/aromatic N) is 1. The van der Waals surface area contributed by atoms with E-state index in [0.717, 1.165) is 34.8 Å². The number of hydrogen-bond donors (Lipinski definition) is 1. The van der Waals surface area contributed by atoms with E-state index in [1.807, 2.05) is 25.1 Å². The molecule has 3 aromatic rings. The summed E-state index contributed by atoms with van der Waals surface area (Å²) in [4.78, 5) is 15.4. The summed E-state index contributed by atoms with van der Waals surface area (Å²) in [5.41, 5.74) is 2.34. The van der Waals surface area contributed by atoms with E-state index in [0.29, 0.717) is 36.0 Å². The fourth-order valence-corrected chi connectivity index (χ4v) is 4.66. The van der Waals surface area contributed by atoms with E-state index >= 15 is 0 Å². The Morgan fingerprint density at radius 3 is 2.57 bits per heavy atom. The Bertz CT molecular complexity index is 1310. The molecule has 4 nitrogen and oxygen atoms in total. The first kappa shape index (κ1) is 24.9. The standard InChI is InChI=1S/C26H22F4NO3P/c1-14-4-2-7-23(35)21(14)13-34-24-19(11-16(12-31-24)26(28,29)30)18-6-3-5-17(18)15-8-9-22(27)20(10-15)25(32)33/h2,4,7-12H,3,5-6,13,35H2,1H3,(H,32,33). The number of carboxylic acid groups (broad SMARTS) is 1. The van der Waals surface area contributed by atoms with Crippen molar-refractivity contribution in [1.29, 1.82) is 0 Å². The molecule has 0 spiro atoms. The molecule has 0 radical (unpaired) electrons. The van der Waals surface area contributed by atoms with Gasteiger partial charge >= 0.3 is 12.1 Å². The predicted molar refractivity (Wildman–Crippen MR) is 128 cm³/mol. The van der Waals surface area contributed by atoms with Gasteiger partial charge in [-0.15, -0.1) is 9.24 Å². The van der Waals surface area contributed by atoms with Gasteiger partial charge in [0.25, 0.3) is 0 Å². The summed E-state index contributed by atoms with van der Waals surface area (Å²) in [6, 6.07) is 10.4. The van der Waals surface area contributed by atoms with E-state index < -0.39 is 29.1 Å². The number of benzene rings is 2. The minimum atomic E-state index is -4.60. The summed E-state index contributed by atoms with van der Waals surface area (Å²) in [5.74, 6) is -2.24. The monoisotopic (exact) mass is 503 g/mol. The number of carboxylic acids is 1. The van der Waals surface area contributed by atoms with Crippen LogP contribution in [0.5, 0.6) is 5.88 Å². The molecule has 0 aliphatic heterocycles. The quantitative estimate of drug-likeness (QED) is 0.312. The fourth-order valence-electron chi connectivity index (χ4n) is 4.24. The van der Waals surface area contributed by atoms with Crippen LogP contribution in [-0.2, 0) is 12.8 Å². The van der Waals surface area contributed by atoms with Gasteiger partial charge in [-0.3, -0.25) is 0 Å². The van der Waals surface area contributed by atoms with E-state index in [-0.39, 0.29) is 18.1 Å². The molecule has 1 heterocycles. The van der Waals surface area contributed by atoms with E-state index in [1.165, 1.54) is 12.1 Å². The van der Waals surface area contributed by atoms with Crippen molar-refractivity contribution in [1.82, 2.24) is 4.98 Å². The highest BCUT2D eigenvalue weighted by Crippen LogP contribution is 2.44. The molecule has 1 N–H and O–H groups in total. The smallest absolute Gasteiger partial charge is 0.417 e. The SMILES string of the molecule is Cc1cccc(P)c1COc1ncc(C(F)(F)F)cc1C1=C(c2ccc(F)c(C(=O)O)c2)CCC1. The van der Waals surface area contributed by atoms with Gasteiger partial charge in [-0.1, -0.05) is 24.3 Å². The lowest BCUT2D eigenvalue weighted by Crippen LogP contribution is -2.11. The first-order valence-corrected chi connectivity index (χ1v) is 11.4. The molecule has 0 bridgehead atoms. The molecule has 182 valence electrons. The number of aryl methyl sites for hydroxylation is 1. The number of pyridine rings is 1. The molecule has 2 aromatic carbocycles. The number of aromatic carboxylic acids is 1. The molecule has 9 heteroatoms. The van der Waals surface area contributed by atoms with Gasteiger partial charge in [-0.05, 0) is 77.5 Å². The molecular formula is C26H22F4NO3P. The third-order valence-corrected chi connectivity index (χ3v) is 6.61. The number of rotatable bonds is 6. The molecule has 0 amide bonds. The Hall–Kier alpha value is -3.25. The van der Waals surface area contributed by atoms with Crippen LogP contribution in [0.25, 0.3) is 11.1 Å². The lowest BCUT2D eigenvalue weighted by atomic mass is 9.95. The topological polar surface area (TPSA) is 59.4 Å². The van der Waals surface area contributed by atoms with Crippen LogP contribution >= 0.6 is 9.24 Å². The zero-order valence-corrected chi connectivity index (χ0v) is 19.9. The normalized spacial score (nSPS) is 13.9. The maximum atomic E-state index is 13.9. The van der Waals surface area contributed by atoms with Crippen LogP contribution in [-0.4, -0.2) is 16.1 Å². The van der Waals surface area contributed by atoms with Crippen LogP contribution in [0.4, 0.5) is 17.6 Å². The summed E-state index contributed by atoms with van der Waals surface area (Å²) in [7, 11) is 2.61. The first-order chi connectivity index (χ1) is 16.6. The Morgan fingerprint density at radius 1 is 1.14 bits per heavy atom. The van der Waals surface area contributed by atoms with Gasteiger partial charge in [-0.25, -0.2) is 14.2 Å². The minimum Gasteiger partial charge on any atom is -0.478 e. The van der Waals surface area contributed by atoms with Crippen LogP contribution in [0.15, 0.2) is 48.7 Å². The van der Waals surface area contributed by atoms with Crippen LogP contribution < -0.4 is 10.0 Å². The second kappa shape index (κ2) is 9.78. The maximum absolute atomic E-state index is 13.9. The zero-order chi connectivity index (χ0) is 25.3. The second-order valence-corrected chi connectivity index (χ2v) is 8.94. The Balaban J connectivity index is 1.82. The number of halogens is 4. The van der Waals surface area contributed by atoms with Crippen molar-refractivity contribution in [2.75, 3.05) is 0 Å². The second-order valence-electron chi connectivity index (χ2n) is 8.32. The molecular weight excluding hydrogens is 481 g/mol. The van der Waals surface area contributed by atoms with Crippen molar-refractivity contribution >= 4 is 31.7 Å². The van der Waals surface area contributed by atoms with Crippen LogP contribution in [0.2, 0.25) is 0 Å². The number of ether oxygens (including phenoxy) is 1. The Morgan fingerprint density at radius 2 is 1.89 bits per heavy atom. The van der Waals surface area contributed by atoms with Crippen LogP contribution in [0.3, 0.4) is 0 Å². The van der Waals surface area contributed by atoms with Crippen molar-refractivity contribution in [3.63, 3.8) is 0 Å². The highest BCUT2D eigenvalue weighted by atomic mass is 31.0. The summed E-state index contributed by atoms with van der Waals surface area (Å²) in [6.07, 6.45) is -2.26. The predicted octanol–water partition coefficient (Wildman–Crippen LogP) is 6.42. The number of allylic oxidation sites excluding steroid dienone is 2. The minimum absolute atomic E-state index is 0.0561. The van der Waals surface area contributed by atoms with Crippen molar-refractivity contribution in [3.05, 3.63) is 87.9 Å². The highest BCUT2D eigenvalue weighted by molar-refractivity contribution is 7.27. The summed E-state index contributed by atoms with van der Waals surface area (Å²) in [5, 5.41) is 10.2. The van der Waals surface area contributed by atoms with Crippen molar-refractivity contribution < 1.29 is 32.2 Å². The van der Waals surface area contributed by atoms with E-state index in [2.05, 4.69) is 14.2 Å². The summed E-state index contributed by atoms with van der Waals surface area (Å²) >= 11 is 0. The molecule has 35 heavy (non-hydrogen) atoms. The molecule has 1 aliphatic carbocycles. The van der Waals surface area contributed by atoms with Crippen molar-refractivity contribution in [2.24, 2.45) is 0 Å². The summed E-state index contributed by atoms with van der Waals surface area (Å²) in [6.45, 7) is 2.03. The van der Waals surface area contributed by atoms with E-state index in [1.54, 1.807) is 0 Å². The van der Waals surface area contributed by atoms with Gasteiger partial charge in [0.15, 0.2) is 0 Å². The highest BCUT2D eigenvalue weighted by Gasteiger charge is 2.33. The molecule has 1 unspecified atom stereocenters. The molecule has 0 fully saturated rings. The average Bonchev–Trinajstić information content (AvgIpc) is 3.28. The largest absolute Gasteiger partial charge is 0.478 e. The van der Waals surface area contributed by atoms with Gasteiger partial charge < -0.3 is 9.84 Å². The third-order valence-electron chi connectivity index (χ3n) is 6.07. The third kappa shape index (κ3) is 5.22. The number of hydrogen-bond acceptors (Lipinski definition) is 3. The lowest BCUT2D eigenvalue weighted by Gasteiger charge is -2.17. The number of carbonyl (C=O) groups is 1. The molecule has 4 rings (SSSR count). The first-order valence-electron chi connectivity index (χ1n) is 10.9. The molecule has 0 saturated carbocycles. The lowest BCUT2D eigenvalue weighted by molar-refractivity contribution is -0.137. The molecule has 1 aliphatic rings. The number of aromatic nitrogens is 1. The molecule has 1 aromatic heterocycles. The van der Waals surface area contributed by atoms with E-state index in [9.17, 15) is 27.5 Å². The van der Waals surface area contributed by atoms with Crippen LogP contribution in [0.1, 0.15) is 57.4 Å². The van der Waals surface area contributed by atoms with E-state index in [4.69, 9.17) is 4.74 Å². The molecule has 0 saturated heterocycles. The van der Waals surface area contributed by atoms with Crippen LogP contribution in [0, 0.1) is 12.7 Å². The van der Waals surface area contributed by atoms with Gasteiger partial charge in [0.2, 0.25) is 5.88 Å². The average molecular weight is 503 g/mol. The van der Waals surface area contributed by atoms with Gasteiger partial charge in [-0.2, -0.15) is 13.2 Å². The molecule has 1 atom stereocenters. The van der Waals surface area contributed by atoms with Crippen molar-refractivity contribution in [2.45, 2.75) is 39.0 Å². The number of alkyl halides is 3. The van der Waals surface area contributed by atoms with Crippen molar-refractivity contribution in [3.8, 4) is 5.88 Å². The van der Waals surface area contributed by atoms with Gasteiger partial charge in [0, 0.05) is 11.8 Å². The van der Waals surface area contributed by atoms with Gasteiger partial charge in [0.1, 0.15) is 12.4 Å². The Kier molecular flexibility index (Phi) is 6.95. The maximum Gasteiger partial charge on any atom is 0.417 e. The zero-order valence-electron chi connectivity index (χ0n) is 18.7. The van der Waals surface area contributed by atoms with Gasteiger partial charge in [0.05, 0.1) is 11.1 Å².